The molecule has 2 aromatic carbocycles. The maximum absolute atomic E-state index is 15.1. The lowest BCUT2D eigenvalue weighted by Crippen LogP contribution is -2.51. The molecule has 2 aliphatic rings. The number of nitrogens with zero attached hydrogens (tertiary/aromatic N) is 3. The molecular formula is C23H18F3N3O3. The van der Waals surface area contributed by atoms with Gasteiger partial charge in [-0.25, -0.2) is 13.2 Å². The standard InChI is InChI=1S/C23H18F3N3O3/c24-14-7-2-1-5-12(14)18(13-6-3-8-15(25)19(13)26)20-16-9-4-10-28(16)23(32)21-22(31)17(30)11-27-29(20)21/h1-3,5-8,11,16,18,20,31H,4,9-10H2/t16-,18?,20-/m1/s1. The van der Waals surface area contributed by atoms with Crippen LogP contribution in [0.2, 0.25) is 0 Å². The molecule has 1 aromatic heterocycles. The van der Waals surface area contributed by atoms with Gasteiger partial charge in [-0.3, -0.25) is 14.3 Å². The lowest BCUT2D eigenvalue weighted by Gasteiger charge is -2.42. The van der Waals surface area contributed by atoms with E-state index in [0.29, 0.717) is 19.4 Å². The number of hydrogen-bond acceptors (Lipinski definition) is 4. The van der Waals surface area contributed by atoms with E-state index < -0.39 is 52.5 Å². The highest BCUT2D eigenvalue weighted by Crippen LogP contribution is 2.46. The van der Waals surface area contributed by atoms with E-state index in [1.54, 1.807) is 6.07 Å². The Bertz CT molecular complexity index is 1290. The lowest BCUT2D eigenvalue weighted by atomic mass is 9.79. The Morgan fingerprint density at radius 1 is 1.00 bits per heavy atom. The molecule has 1 unspecified atom stereocenters. The molecule has 0 aliphatic carbocycles. The third-order valence-corrected chi connectivity index (χ3v) is 6.32. The first-order chi connectivity index (χ1) is 15.4. The van der Waals surface area contributed by atoms with Crippen LogP contribution in [-0.4, -0.2) is 38.3 Å². The molecule has 0 spiro atoms. The first-order valence-corrected chi connectivity index (χ1v) is 10.2. The molecule has 1 amide bonds. The van der Waals surface area contributed by atoms with Crippen molar-refractivity contribution in [2.45, 2.75) is 30.8 Å². The van der Waals surface area contributed by atoms with Crippen LogP contribution in [0.5, 0.6) is 5.75 Å². The van der Waals surface area contributed by atoms with E-state index in [0.717, 1.165) is 12.3 Å². The van der Waals surface area contributed by atoms with E-state index in [9.17, 15) is 19.1 Å². The van der Waals surface area contributed by atoms with Crippen molar-refractivity contribution in [3.63, 3.8) is 0 Å². The van der Waals surface area contributed by atoms with E-state index in [1.807, 2.05) is 0 Å². The molecule has 0 radical (unpaired) electrons. The summed E-state index contributed by atoms with van der Waals surface area (Å²) in [6.07, 6.45) is 2.01. The van der Waals surface area contributed by atoms with Crippen LogP contribution in [0.4, 0.5) is 13.2 Å². The number of hydrogen-bond donors (Lipinski definition) is 1. The van der Waals surface area contributed by atoms with Crippen molar-refractivity contribution >= 4 is 5.91 Å². The normalized spacial score (nSPS) is 20.7. The highest BCUT2D eigenvalue weighted by Gasteiger charge is 2.49. The Balaban J connectivity index is 1.83. The zero-order valence-corrected chi connectivity index (χ0v) is 16.7. The molecule has 164 valence electrons. The Hall–Kier alpha value is -3.62. The van der Waals surface area contributed by atoms with E-state index >= 15 is 8.78 Å². The van der Waals surface area contributed by atoms with Gasteiger partial charge in [-0.2, -0.15) is 5.10 Å². The van der Waals surface area contributed by atoms with Crippen LogP contribution in [0.15, 0.2) is 53.5 Å². The largest absolute Gasteiger partial charge is 0.502 e. The molecular weight excluding hydrogens is 423 g/mol. The van der Waals surface area contributed by atoms with Gasteiger partial charge in [0.15, 0.2) is 23.1 Å². The summed E-state index contributed by atoms with van der Waals surface area (Å²) in [7, 11) is 0. The van der Waals surface area contributed by atoms with Crippen LogP contribution < -0.4 is 5.43 Å². The third-order valence-electron chi connectivity index (χ3n) is 6.32. The van der Waals surface area contributed by atoms with Crippen LogP contribution in [0, 0.1) is 17.5 Å². The topological polar surface area (TPSA) is 75.4 Å². The first kappa shape index (κ1) is 20.3. The van der Waals surface area contributed by atoms with Crippen LogP contribution in [0.25, 0.3) is 0 Å². The molecule has 1 fully saturated rings. The SMILES string of the molecule is O=C1c2c(O)c(=O)cnn2[C@@H](C(c2ccccc2F)c2cccc(F)c2F)[C@H]2CCCN12. The fraction of sp³-hybridized carbons (Fsp3) is 0.261. The molecule has 1 N–H and O–H groups in total. The van der Waals surface area contributed by atoms with E-state index in [1.165, 1.54) is 39.9 Å². The van der Waals surface area contributed by atoms with Crippen molar-refractivity contribution in [3.8, 4) is 5.75 Å². The van der Waals surface area contributed by atoms with E-state index in [4.69, 9.17) is 0 Å². The minimum atomic E-state index is -1.13. The molecule has 5 rings (SSSR count). The molecule has 9 heteroatoms. The molecule has 1 saturated heterocycles. The van der Waals surface area contributed by atoms with Gasteiger partial charge < -0.3 is 10.0 Å². The number of rotatable bonds is 3. The van der Waals surface area contributed by atoms with Crippen LogP contribution in [0.1, 0.15) is 46.4 Å². The lowest BCUT2D eigenvalue weighted by molar-refractivity contribution is 0.0563. The third kappa shape index (κ3) is 2.91. The van der Waals surface area contributed by atoms with Gasteiger partial charge in [0, 0.05) is 18.0 Å². The summed E-state index contributed by atoms with van der Waals surface area (Å²) in [5.41, 5.74) is -1.18. The fourth-order valence-corrected chi connectivity index (χ4v) is 4.97. The number of aromatic hydroxyl groups is 1. The smallest absolute Gasteiger partial charge is 0.276 e. The van der Waals surface area contributed by atoms with Crippen molar-refractivity contribution in [1.29, 1.82) is 0 Å². The van der Waals surface area contributed by atoms with Crippen molar-refractivity contribution < 1.29 is 23.1 Å². The van der Waals surface area contributed by atoms with E-state index in [-0.39, 0.29) is 16.8 Å². The maximum atomic E-state index is 15.1. The molecule has 3 heterocycles. The van der Waals surface area contributed by atoms with Crippen LogP contribution in [0.3, 0.4) is 0 Å². The van der Waals surface area contributed by atoms with Crippen molar-refractivity contribution in [1.82, 2.24) is 14.7 Å². The molecule has 2 aliphatic heterocycles. The molecule has 32 heavy (non-hydrogen) atoms. The average Bonchev–Trinajstić information content (AvgIpc) is 3.27. The summed E-state index contributed by atoms with van der Waals surface area (Å²) < 4.78 is 45.5. The second kappa shape index (κ2) is 7.51. The quantitative estimate of drug-likeness (QED) is 0.677. The monoisotopic (exact) mass is 441 g/mol. The van der Waals surface area contributed by atoms with Gasteiger partial charge in [0.2, 0.25) is 5.43 Å². The van der Waals surface area contributed by atoms with Gasteiger partial charge in [-0.1, -0.05) is 30.3 Å². The van der Waals surface area contributed by atoms with Crippen molar-refractivity contribution in [2.24, 2.45) is 0 Å². The van der Waals surface area contributed by atoms with Crippen LogP contribution >= 0.6 is 0 Å². The van der Waals surface area contributed by atoms with Gasteiger partial charge >= 0.3 is 0 Å². The maximum Gasteiger partial charge on any atom is 0.276 e. The Morgan fingerprint density at radius 2 is 1.72 bits per heavy atom. The van der Waals surface area contributed by atoms with E-state index in [2.05, 4.69) is 5.10 Å². The summed E-state index contributed by atoms with van der Waals surface area (Å²) in [6.45, 7) is 0.359. The van der Waals surface area contributed by atoms with Gasteiger partial charge in [0.25, 0.3) is 5.91 Å². The highest BCUT2D eigenvalue weighted by atomic mass is 19.2. The van der Waals surface area contributed by atoms with Crippen LogP contribution in [-0.2, 0) is 0 Å². The fourth-order valence-electron chi connectivity index (χ4n) is 4.97. The average molecular weight is 441 g/mol. The second-order valence-corrected chi connectivity index (χ2v) is 7.99. The molecule has 0 saturated carbocycles. The summed E-state index contributed by atoms with van der Waals surface area (Å²) >= 11 is 0. The molecule has 0 bridgehead atoms. The minimum absolute atomic E-state index is 0.0918. The van der Waals surface area contributed by atoms with Gasteiger partial charge in [0.05, 0.1) is 18.3 Å². The predicted molar refractivity (Wildman–Crippen MR) is 108 cm³/mol. The number of fused-ring (bicyclic) bond motifs is 2. The Labute approximate surface area is 180 Å². The molecule has 3 atom stereocenters. The summed E-state index contributed by atoms with van der Waals surface area (Å²) in [5, 5.41) is 14.5. The van der Waals surface area contributed by atoms with Gasteiger partial charge in [-0.05, 0) is 30.5 Å². The number of halogens is 3. The zero-order chi connectivity index (χ0) is 22.6. The Kier molecular flexibility index (Phi) is 4.76. The number of carbonyl (C=O) groups excluding carboxylic acids is 1. The van der Waals surface area contributed by atoms with Gasteiger partial charge in [0.1, 0.15) is 5.82 Å². The molecule has 6 nitrogen and oxygen atoms in total. The summed E-state index contributed by atoms with van der Waals surface area (Å²) in [6, 6.07) is 8.03. The summed E-state index contributed by atoms with van der Waals surface area (Å²) in [5.74, 6) is -5.28. The van der Waals surface area contributed by atoms with Gasteiger partial charge in [-0.15, -0.1) is 0 Å². The predicted octanol–water partition coefficient (Wildman–Crippen LogP) is 3.36. The first-order valence-electron chi connectivity index (χ1n) is 10.2. The number of amides is 1. The zero-order valence-electron chi connectivity index (χ0n) is 16.7. The number of benzene rings is 2. The minimum Gasteiger partial charge on any atom is -0.502 e. The number of carbonyl (C=O) groups is 1. The summed E-state index contributed by atoms with van der Waals surface area (Å²) in [4.78, 5) is 26.6. The highest BCUT2D eigenvalue weighted by molar-refractivity contribution is 5.96. The number of aromatic nitrogens is 2. The van der Waals surface area contributed by atoms with Crippen molar-refractivity contribution in [2.75, 3.05) is 6.54 Å². The Morgan fingerprint density at radius 3 is 2.50 bits per heavy atom. The second-order valence-electron chi connectivity index (χ2n) is 7.99. The molecule has 3 aromatic rings. The van der Waals surface area contributed by atoms with Crippen molar-refractivity contribution in [3.05, 3.63) is 93.2 Å².